The summed E-state index contributed by atoms with van der Waals surface area (Å²) in [4.78, 5) is 2.36. The highest BCUT2D eigenvalue weighted by molar-refractivity contribution is 6.24. The molecule has 7 aromatic rings. The highest BCUT2D eigenvalue weighted by Gasteiger charge is 2.31. The van der Waals surface area contributed by atoms with Crippen molar-refractivity contribution in [2.75, 3.05) is 4.90 Å². The van der Waals surface area contributed by atoms with E-state index in [1.54, 1.807) is 0 Å². The number of hydrogen-bond donors (Lipinski definition) is 0. The number of anilines is 2. The summed E-state index contributed by atoms with van der Waals surface area (Å²) in [6, 6.07) is 35.4. The molecule has 0 saturated carbocycles. The van der Waals surface area contributed by atoms with Gasteiger partial charge >= 0.3 is 0 Å². The van der Waals surface area contributed by atoms with Gasteiger partial charge in [0.05, 0.1) is 51.4 Å². The molecule has 5 aromatic carbocycles. The van der Waals surface area contributed by atoms with Crippen LogP contribution in [0.1, 0.15) is 25.0 Å². The quantitative estimate of drug-likeness (QED) is 0.231. The fourth-order valence-corrected chi connectivity index (χ4v) is 6.38. The zero-order valence-electron chi connectivity index (χ0n) is 21.9. The molecule has 0 saturated heterocycles. The van der Waals surface area contributed by atoms with Crippen LogP contribution in [0.15, 0.2) is 95.4 Å². The molecule has 0 fully saturated rings. The van der Waals surface area contributed by atoms with Gasteiger partial charge in [0.1, 0.15) is 5.58 Å². The minimum Gasteiger partial charge on any atom is -0.454 e. The van der Waals surface area contributed by atoms with E-state index in [1.807, 2.05) is 54.6 Å². The topological polar surface area (TPSA) is 68.9 Å². The molecule has 0 spiro atoms. The molecule has 0 atom stereocenters. The zero-order valence-corrected chi connectivity index (χ0v) is 21.9. The summed E-state index contributed by atoms with van der Waals surface area (Å²) in [5, 5.41) is 23.5. The summed E-state index contributed by atoms with van der Waals surface area (Å²) in [6.45, 7) is 4.38. The summed E-state index contributed by atoms with van der Waals surface area (Å²) in [7, 11) is 0. The van der Waals surface area contributed by atoms with E-state index in [4.69, 9.17) is 4.42 Å². The molecule has 3 heterocycles. The number of furan rings is 1. The van der Waals surface area contributed by atoms with Crippen molar-refractivity contribution in [2.45, 2.75) is 19.9 Å². The van der Waals surface area contributed by atoms with Crippen LogP contribution < -0.4 is 4.90 Å². The fourth-order valence-electron chi connectivity index (χ4n) is 6.38. The van der Waals surface area contributed by atoms with Gasteiger partial charge in [-0.05, 0) is 79.6 Å². The SMILES string of the molecule is CC(C)N1c2ccc(C#N)cc2-n2c3c1cc(-c1ccc(C#N)cc1)cc3c1ccc3c4ccccc4oc3c12. The molecule has 2 aromatic heterocycles. The average molecular weight is 515 g/mol. The van der Waals surface area contributed by atoms with Gasteiger partial charge in [0, 0.05) is 27.6 Å². The monoisotopic (exact) mass is 514 g/mol. The van der Waals surface area contributed by atoms with E-state index in [1.165, 1.54) is 0 Å². The summed E-state index contributed by atoms with van der Waals surface area (Å²) in [5.41, 5.74) is 10.3. The number of aromatic nitrogens is 1. The molecular weight excluding hydrogens is 492 g/mol. The Morgan fingerprint density at radius 1 is 0.625 bits per heavy atom. The fraction of sp³-hybridized carbons (Fsp3) is 0.0857. The van der Waals surface area contributed by atoms with Crippen molar-refractivity contribution in [1.29, 1.82) is 10.5 Å². The second-order valence-corrected chi connectivity index (χ2v) is 10.6. The van der Waals surface area contributed by atoms with Crippen molar-refractivity contribution in [3.8, 4) is 29.0 Å². The number of rotatable bonds is 2. The number of nitrogens with zero attached hydrogens (tertiary/aromatic N) is 4. The predicted octanol–water partition coefficient (Wildman–Crippen LogP) is 8.95. The van der Waals surface area contributed by atoms with Gasteiger partial charge in [-0.1, -0.05) is 36.4 Å². The van der Waals surface area contributed by atoms with E-state index < -0.39 is 0 Å². The van der Waals surface area contributed by atoms with Crippen LogP contribution in [0.2, 0.25) is 0 Å². The molecule has 8 rings (SSSR count). The smallest absolute Gasteiger partial charge is 0.160 e. The van der Waals surface area contributed by atoms with Crippen LogP contribution in [-0.4, -0.2) is 10.6 Å². The third-order valence-electron chi connectivity index (χ3n) is 8.08. The molecule has 5 nitrogen and oxygen atoms in total. The van der Waals surface area contributed by atoms with Crippen LogP contribution in [0.3, 0.4) is 0 Å². The number of hydrogen-bond acceptors (Lipinski definition) is 4. The van der Waals surface area contributed by atoms with Crippen LogP contribution >= 0.6 is 0 Å². The summed E-state index contributed by atoms with van der Waals surface area (Å²) in [6.07, 6.45) is 0. The van der Waals surface area contributed by atoms with Gasteiger partial charge < -0.3 is 13.9 Å². The second-order valence-electron chi connectivity index (χ2n) is 10.6. The first-order chi connectivity index (χ1) is 19.6. The Hall–Kier alpha value is -5.52. The summed E-state index contributed by atoms with van der Waals surface area (Å²) >= 11 is 0. The molecule has 188 valence electrons. The van der Waals surface area contributed by atoms with Crippen molar-refractivity contribution < 1.29 is 4.42 Å². The molecule has 1 aliphatic rings. The number of para-hydroxylation sites is 1. The molecule has 0 aliphatic carbocycles. The standard InChI is InChI=1S/C35H22N4O/c1-20(2)38-29-14-9-22(19-37)15-30(29)39-33-28(16-24(17-31(33)38)23-10-7-21(18-36)8-11-23)26-12-13-27-25-5-3-4-6-32(25)40-35(27)34(26)39/h3-17,20H,1-2H3. The minimum absolute atomic E-state index is 0.170. The van der Waals surface area contributed by atoms with Gasteiger partial charge in [0.2, 0.25) is 0 Å². The highest BCUT2D eigenvalue weighted by Crippen LogP contribution is 2.51. The Labute approximate surface area is 230 Å². The Bertz CT molecular complexity index is 2270. The lowest BCUT2D eigenvalue weighted by molar-refractivity contribution is 0.671. The average Bonchev–Trinajstić information content (AvgIpc) is 3.53. The van der Waals surface area contributed by atoms with Gasteiger partial charge in [-0.15, -0.1) is 0 Å². The molecule has 0 unspecified atom stereocenters. The molecule has 0 amide bonds. The Balaban J connectivity index is 1.59. The van der Waals surface area contributed by atoms with E-state index in [2.05, 4.69) is 71.9 Å². The Morgan fingerprint density at radius 2 is 1.38 bits per heavy atom. The molecule has 5 heteroatoms. The Kier molecular flexibility index (Phi) is 4.49. The second kappa shape index (κ2) is 7.99. The molecule has 0 N–H and O–H groups in total. The van der Waals surface area contributed by atoms with Crippen molar-refractivity contribution in [2.24, 2.45) is 0 Å². The zero-order chi connectivity index (χ0) is 27.1. The number of nitriles is 2. The largest absolute Gasteiger partial charge is 0.454 e. The van der Waals surface area contributed by atoms with E-state index in [9.17, 15) is 10.5 Å². The molecule has 0 bridgehead atoms. The first kappa shape index (κ1) is 22.5. The van der Waals surface area contributed by atoms with Crippen LogP contribution in [0, 0.1) is 22.7 Å². The summed E-state index contributed by atoms with van der Waals surface area (Å²) < 4.78 is 8.85. The van der Waals surface area contributed by atoms with Gasteiger partial charge in [0.15, 0.2) is 5.58 Å². The maximum Gasteiger partial charge on any atom is 0.160 e. The van der Waals surface area contributed by atoms with E-state index in [0.29, 0.717) is 11.1 Å². The highest BCUT2D eigenvalue weighted by atomic mass is 16.3. The molecule has 40 heavy (non-hydrogen) atoms. The van der Waals surface area contributed by atoms with Gasteiger partial charge in [0.25, 0.3) is 0 Å². The van der Waals surface area contributed by atoms with Crippen LogP contribution in [-0.2, 0) is 0 Å². The van der Waals surface area contributed by atoms with Crippen molar-refractivity contribution in [3.05, 3.63) is 102 Å². The lowest BCUT2D eigenvalue weighted by Gasteiger charge is -2.36. The minimum atomic E-state index is 0.170. The molecular formula is C35H22N4O. The van der Waals surface area contributed by atoms with E-state index in [0.717, 1.165) is 71.9 Å². The van der Waals surface area contributed by atoms with Gasteiger partial charge in [-0.2, -0.15) is 10.5 Å². The predicted molar refractivity (Wildman–Crippen MR) is 160 cm³/mol. The molecule has 1 aliphatic heterocycles. The normalized spacial score (nSPS) is 12.4. The third-order valence-corrected chi connectivity index (χ3v) is 8.08. The Morgan fingerprint density at radius 3 is 2.15 bits per heavy atom. The number of benzene rings is 5. The van der Waals surface area contributed by atoms with Crippen LogP contribution in [0.25, 0.3) is 60.6 Å². The van der Waals surface area contributed by atoms with E-state index in [-0.39, 0.29) is 6.04 Å². The van der Waals surface area contributed by atoms with E-state index >= 15 is 0 Å². The van der Waals surface area contributed by atoms with Crippen molar-refractivity contribution in [3.63, 3.8) is 0 Å². The van der Waals surface area contributed by atoms with Crippen LogP contribution in [0.4, 0.5) is 11.4 Å². The van der Waals surface area contributed by atoms with Crippen molar-refractivity contribution >= 4 is 55.1 Å². The first-order valence-electron chi connectivity index (χ1n) is 13.3. The lowest BCUT2D eigenvalue weighted by atomic mass is 9.98. The van der Waals surface area contributed by atoms with Gasteiger partial charge in [-0.25, -0.2) is 0 Å². The van der Waals surface area contributed by atoms with Crippen molar-refractivity contribution in [1.82, 2.24) is 4.57 Å². The molecule has 0 radical (unpaired) electrons. The number of fused-ring (bicyclic) bond motifs is 9. The first-order valence-corrected chi connectivity index (χ1v) is 13.3. The maximum absolute atomic E-state index is 9.82. The third kappa shape index (κ3) is 2.89. The lowest BCUT2D eigenvalue weighted by Crippen LogP contribution is -2.29. The van der Waals surface area contributed by atoms with Crippen LogP contribution in [0.5, 0.6) is 0 Å². The maximum atomic E-state index is 9.82. The summed E-state index contributed by atoms with van der Waals surface area (Å²) in [5.74, 6) is 0. The van der Waals surface area contributed by atoms with Gasteiger partial charge in [-0.3, -0.25) is 0 Å².